The summed E-state index contributed by atoms with van der Waals surface area (Å²) in [7, 11) is 1.76. The van der Waals surface area contributed by atoms with Gasteiger partial charge in [0.15, 0.2) is 5.96 Å². The predicted octanol–water partition coefficient (Wildman–Crippen LogP) is 1.61. The Morgan fingerprint density at radius 3 is 2.65 bits per heavy atom. The lowest BCUT2D eigenvalue weighted by Gasteiger charge is -2.35. The number of carbonyl (C=O) groups is 1. The van der Waals surface area contributed by atoms with E-state index in [2.05, 4.69) is 40.4 Å². The molecule has 26 heavy (non-hydrogen) atoms. The molecular formula is C20H31N5O. The van der Waals surface area contributed by atoms with Gasteiger partial charge in [-0.1, -0.05) is 18.2 Å². The van der Waals surface area contributed by atoms with Crippen LogP contribution in [-0.2, 0) is 11.2 Å². The Morgan fingerprint density at radius 2 is 1.96 bits per heavy atom. The Morgan fingerprint density at radius 1 is 1.23 bits per heavy atom. The summed E-state index contributed by atoms with van der Waals surface area (Å²) in [5.74, 6) is 0.807. The van der Waals surface area contributed by atoms with Crippen LogP contribution < -0.4 is 15.5 Å². The van der Waals surface area contributed by atoms with Crippen molar-refractivity contribution in [2.24, 2.45) is 4.99 Å². The molecule has 2 aliphatic rings. The molecule has 1 aromatic carbocycles. The molecule has 1 saturated heterocycles. The zero-order valence-electron chi connectivity index (χ0n) is 16.2. The molecule has 0 atom stereocenters. The second-order valence-corrected chi connectivity index (χ2v) is 7.40. The molecule has 2 N–H and O–H groups in total. The first-order valence-electron chi connectivity index (χ1n) is 9.68. The van der Waals surface area contributed by atoms with Crippen LogP contribution in [0.4, 0.5) is 5.69 Å². The standard InChI is InChI=1S/C20H31N5O/c1-15(2)24-11-9-17(10-12-24)23-20(21-3)22-14-19(26)25-13-8-16-6-4-5-7-18(16)25/h4-7,15,17H,8-14H2,1-3H3,(H2,21,22,23). The fourth-order valence-corrected chi connectivity index (χ4v) is 3.80. The Bertz CT molecular complexity index is 649. The van der Waals surface area contributed by atoms with Gasteiger partial charge >= 0.3 is 0 Å². The van der Waals surface area contributed by atoms with Crippen molar-refractivity contribution in [1.82, 2.24) is 15.5 Å². The molecule has 0 aliphatic carbocycles. The van der Waals surface area contributed by atoms with Gasteiger partial charge in [-0.25, -0.2) is 0 Å². The molecule has 0 unspecified atom stereocenters. The Kier molecular flexibility index (Phi) is 6.14. The molecule has 1 fully saturated rings. The lowest BCUT2D eigenvalue weighted by molar-refractivity contribution is -0.117. The number of guanidine groups is 1. The lowest BCUT2D eigenvalue weighted by Crippen LogP contribution is -2.51. The number of carbonyl (C=O) groups excluding carboxylic acids is 1. The average Bonchev–Trinajstić information content (AvgIpc) is 3.09. The van der Waals surface area contributed by atoms with Crippen LogP contribution in [0.3, 0.4) is 0 Å². The smallest absolute Gasteiger partial charge is 0.246 e. The first-order valence-corrected chi connectivity index (χ1v) is 9.68. The summed E-state index contributed by atoms with van der Waals surface area (Å²) in [5, 5.41) is 6.66. The topological polar surface area (TPSA) is 60.0 Å². The van der Waals surface area contributed by atoms with Gasteiger partial charge in [0, 0.05) is 44.5 Å². The SMILES string of the molecule is CN=C(NCC(=O)N1CCc2ccccc21)NC1CCN(C(C)C)CC1. The highest BCUT2D eigenvalue weighted by atomic mass is 16.2. The van der Waals surface area contributed by atoms with Crippen LogP contribution >= 0.6 is 0 Å². The van der Waals surface area contributed by atoms with E-state index in [9.17, 15) is 4.79 Å². The molecule has 2 heterocycles. The maximum Gasteiger partial charge on any atom is 0.246 e. The van der Waals surface area contributed by atoms with Gasteiger partial charge in [0.25, 0.3) is 0 Å². The molecule has 1 amide bonds. The van der Waals surface area contributed by atoms with Crippen molar-refractivity contribution in [2.75, 3.05) is 38.1 Å². The molecule has 3 rings (SSSR count). The Hall–Kier alpha value is -2.08. The third-order valence-electron chi connectivity index (χ3n) is 5.42. The lowest BCUT2D eigenvalue weighted by atomic mass is 10.0. The molecule has 0 spiro atoms. The third-order valence-corrected chi connectivity index (χ3v) is 5.42. The summed E-state index contributed by atoms with van der Waals surface area (Å²) in [6.07, 6.45) is 3.14. The van der Waals surface area contributed by atoms with Crippen LogP contribution in [0.1, 0.15) is 32.3 Å². The maximum absolute atomic E-state index is 12.6. The van der Waals surface area contributed by atoms with Gasteiger partial charge in [-0.2, -0.15) is 0 Å². The van der Waals surface area contributed by atoms with E-state index >= 15 is 0 Å². The number of hydrogen-bond donors (Lipinski definition) is 2. The summed E-state index contributed by atoms with van der Waals surface area (Å²) >= 11 is 0. The summed E-state index contributed by atoms with van der Waals surface area (Å²) < 4.78 is 0. The van der Waals surface area contributed by atoms with Gasteiger partial charge in [0.05, 0.1) is 6.54 Å². The molecule has 1 aromatic rings. The van der Waals surface area contributed by atoms with E-state index in [-0.39, 0.29) is 12.5 Å². The molecule has 0 bridgehead atoms. The second kappa shape index (κ2) is 8.54. The first-order chi connectivity index (χ1) is 12.6. The van der Waals surface area contributed by atoms with Crippen molar-refractivity contribution in [3.8, 4) is 0 Å². The first kappa shape index (κ1) is 18.7. The summed E-state index contributed by atoms with van der Waals surface area (Å²) in [6.45, 7) is 7.73. The van der Waals surface area contributed by atoms with Gasteiger partial charge in [-0.15, -0.1) is 0 Å². The van der Waals surface area contributed by atoms with Crippen LogP contribution in [0, 0.1) is 0 Å². The van der Waals surface area contributed by atoms with E-state index in [1.165, 1.54) is 5.56 Å². The summed E-state index contributed by atoms with van der Waals surface area (Å²) in [5.41, 5.74) is 2.29. The number of amides is 1. The molecule has 6 nitrogen and oxygen atoms in total. The van der Waals surface area contributed by atoms with Crippen LogP contribution in [0.15, 0.2) is 29.3 Å². The Labute approximate surface area is 156 Å². The predicted molar refractivity (Wildman–Crippen MR) is 107 cm³/mol. The number of anilines is 1. The fraction of sp³-hybridized carbons (Fsp3) is 0.600. The highest BCUT2D eigenvalue weighted by molar-refractivity contribution is 5.98. The number of para-hydroxylation sites is 1. The summed E-state index contributed by atoms with van der Waals surface area (Å²) in [6, 6.07) is 9.16. The number of benzene rings is 1. The fourth-order valence-electron chi connectivity index (χ4n) is 3.80. The number of piperidine rings is 1. The number of nitrogens with one attached hydrogen (secondary N) is 2. The number of nitrogens with zero attached hydrogens (tertiary/aromatic N) is 3. The highest BCUT2D eigenvalue weighted by Gasteiger charge is 2.25. The van der Waals surface area contributed by atoms with Crippen molar-refractivity contribution in [3.63, 3.8) is 0 Å². The molecular weight excluding hydrogens is 326 g/mol. The van der Waals surface area contributed by atoms with Crippen molar-refractivity contribution in [1.29, 1.82) is 0 Å². The monoisotopic (exact) mass is 357 g/mol. The van der Waals surface area contributed by atoms with E-state index in [4.69, 9.17) is 0 Å². The molecule has 6 heteroatoms. The van der Waals surface area contributed by atoms with Gasteiger partial charge in [-0.05, 0) is 44.7 Å². The minimum atomic E-state index is 0.0903. The van der Waals surface area contributed by atoms with E-state index in [0.717, 1.165) is 44.6 Å². The van der Waals surface area contributed by atoms with E-state index in [1.54, 1.807) is 7.05 Å². The van der Waals surface area contributed by atoms with Gasteiger partial charge in [0.2, 0.25) is 5.91 Å². The average molecular weight is 358 g/mol. The van der Waals surface area contributed by atoms with Gasteiger partial charge in [-0.3, -0.25) is 9.79 Å². The molecule has 2 aliphatic heterocycles. The van der Waals surface area contributed by atoms with Crippen molar-refractivity contribution >= 4 is 17.6 Å². The van der Waals surface area contributed by atoms with E-state index < -0.39 is 0 Å². The molecule has 0 aromatic heterocycles. The van der Waals surface area contributed by atoms with E-state index in [0.29, 0.717) is 18.0 Å². The molecule has 142 valence electrons. The van der Waals surface area contributed by atoms with Crippen LogP contribution in [0.5, 0.6) is 0 Å². The highest BCUT2D eigenvalue weighted by Crippen LogP contribution is 2.27. The van der Waals surface area contributed by atoms with Crippen LogP contribution in [0.2, 0.25) is 0 Å². The minimum Gasteiger partial charge on any atom is -0.354 e. The van der Waals surface area contributed by atoms with Gasteiger partial charge in [0.1, 0.15) is 0 Å². The number of fused-ring (bicyclic) bond motifs is 1. The number of rotatable bonds is 4. The zero-order chi connectivity index (χ0) is 18.5. The normalized spacial score (nSPS) is 18.9. The second-order valence-electron chi connectivity index (χ2n) is 7.40. The van der Waals surface area contributed by atoms with Crippen LogP contribution in [-0.4, -0.2) is 62.1 Å². The van der Waals surface area contributed by atoms with E-state index in [1.807, 2.05) is 23.1 Å². The number of hydrogen-bond acceptors (Lipinski definition) is 3. The molecule has 0 radical (unpaired) electrons. The zero-order valence-corrected chi connectivity index (χ0v) is 16.2. The van der Waals surface area contributed by atoms with Crippen molar-refractivity contribution in [3.05, 3.63) is 29.8 Å². The molecule has 0 saturated carbocycles. The van der Waals surface area contributed by atoms with Gasteiger partial charge < -0.3 is 20.4 Å². The quantitative estimate of drug-likeness (QED) is 0.635. The number of likely N-dealkylation sites (tertiary alicyclic amines) is 1. The Balaban J connectivity index is 1.47. The number of aliphatic imine (C=N–C) groups is 1. The van der Waals surface area contributed by atoms with Crippen molar-refractivity contribution in [2.45, 2.75) is 45.2 Å². The van der Waals surface area contributed by atoms with Crippen molar-refractivity contribution < 1.29 is 4.79 Å². The maximum atomic E-state index is 12.6. The third kappa shape index (κ3) is 4.36. The minimum absolute atomic E-state index is 0.0903. The summed E-state index contributed by atoms with van der Waals surface area (Å²) in [4.78, 5) is 21.3. The largest absolute Gasteiger partial charge is 0.354 e. The van der Waals surface area contributed by atoms with Crippen LogP contribution in [0.25, 0.3) is 0 Å².